The van der Waals surface area contributed by atoms with Crippen LogP contribution in [-0.4, -0.2) is 9.55 Å². The summed E-state index contributed by atoms with van der Waals surface area (Å²) in [6.07, 6.45) is 0.803. The minimum absolute atomic E-state index is 0.387. The first-order valence-corrected chi connectivity index (χ1v) is 6.95. The zero-order chi connectivity index (χ0) is 14.1. The van der Waals surface area contributed by atoms with Gasteiger partial charge in [0.2, 0.25) is 0 Å². The van der Waals surface area contributed by atoms with Gasteiger partial charge in [0, 0.05) is 18.2 Å². The first-order valence-electron chi connectivity index (χ1n) is 6.95. The van der Waals surface area contributed by atoms with Crippen molar-refractivity contribution in [2.45, 2.75) is 26.3 Å². The van der Waals surface area contributed by atoms with Gasteiger partial charge in [-0.1, -0.05) is 24.3 Å². The van der Waals surface area contributed by atoms with Crippen LogP contribution in [0, 0.1) is 0 Å². The average Bonchev–Trinajstić information content (AvgIpc) is 2.76. The fraction of sp³-hybridized carbons (Fsp3) is 0.235. The van der Waals surface area contributed by atoms with Crippen molar-refractivity contribution >= 4 is 16.7 Å². The molecule has 3 nitrogen and oxygen atoms in total. The molecule has 2 aromatic carbocycles. The molecule has 0 unspecified atom stereocenters. The third-order valence-corrected chi connectivity index (χ3v) is 3.50. The van der Waals surface area contributed by atoms with Gasteiger partial charge in [-0.15, -0.1) is 0 Å². The maximum atomic E-state index is 5.86. The summed E-state index contributed by atoms with van der Waals surface area (Å²) in [6, 6.07) is 16.7. The highest BCUT2D eigenvalue weighted by Gasteiger charge is 2.13. The highest BCUT2D eigenvalue weighted by atomic mass is 15.1. The van der Waals surface area contributed by atoms with E-state index in [4.69, 9.17) is 10.7 Å². The summed E-state index contributed by atoms with van der Waals surface area (Å²) in [5.41, 5.74) is 10.1. The van der Waals surface area contributed by atoms with Crippen LogP contribution in [0.3, 0.4) is 0 Å². The molecule has 0 bridgehead atoms. The van der Waals surface area contributed by atoms with E-state index in [0.29, 0.717) is 6.04 Å². The molecule has 2 N–H and O–H groups in total. The summed E-state index contributed by atoms with van der Waals surface area (Å²) in [6.45, 7) is 4.38. The molecular weight excluding hydrogens is 246 g/mol. The average molecular weight is 265 g/mol. The predicted molar refractivity (Wildman–Crippen MR) is 83.8 cm³/mol. The molecule has 0 fully saturated rings. The number of anilines is 1. The molecule has 0 saturated carbocycles. The van der Waals surface area contributed by atoms with Crippen molar-refractivity contribution in [2.75, 3.05) is 5.73 Å². The van der Waals surface area contributed by atoms with E-state index in [9.17, 15) is 0 Å². The van der Waals surface area contributed by atoms with E-state index >= 15 is 0 Å². The number of para-hydroxylation sites is 2. The van der Waals surface area contributed by atoms with E-state index in [0.717, 1.165) is 23.4 Å². The molecule has 1 heterocycles. The number of aromatic nitrogens is 2. The summed E-state index contributed by atoms with van der Waals surface area (Å²) >= 11 is 0. The van der Waals surface area contributed by atoms with Crippen LogP contribution in [0.1, 0.15) is 31.3 Å². The Morgan fingerprint density at radius 1 is 1.10 bits per heavy atom. The third-order valence-electron chi connectivity index (χ3n) is 3.50. The summed E-state index contributed by atoms with van der Waals surface area (Å²) in [5.74, 6) is 1.09. The SMILES string of the molecule is CC(C)n1c(Cc2cccc(N)c2)nc2ccccc21. The molecule has 3 rings (SSSR count). The minimum atomic E-state index is 0.387. The van der Waals surface area contributed by atoms with Gasteiger partial charge in [0.15, 0.2) is 0 Å². The number of imidazole rings is 1. The molecule has 3 heteroatoms. The quantitative estimate of drug-likeness (QED) is 0.732. The Morgan fingerprint density at radius 3 is 2.65 bits per heavy atom. The van der Waals surface area contributed by atoms with Gasteiger partial charge in [-0.2, -0.15) is 0 Å². The van der Waals surface area contributed by atoms with E-state index in [1.54, 1.807) is 0 Å². The fourth-order valence-electron chi connectivity index (χ4n) is 2.68. The fourth-order valence-corrected chi connectivity index (χ4v) is 2.68. The lowest BCUT2D eigenvalue weighted by atomic mass is 10.1. The molecule has 0 saturated heterocycles. The van der Waals surface area contributed by atoms with Gasteiger partial charge in [0.25, 0.3) is 0 Å². The summed E-state index contributed by atoms with van der Waals surface area (Å²) in [7, 11) is 0. The molecule has 0 aliphatic heterocycles. The lowest BCUT2D eigenvalue weighted by Crippen LogP contribution is -2.07. The topological polar surface area (TPSA) is 43.8 Å². The third kappa shape index (κ3) is 2.27. The Kier molecular flexibility index (Phi) is 3.18. The smallest absolute Gasteiger partial charge is 0.114 e. The number of rotatable bonds is 3. The molecule has 0 spiro atoms. The number of fused-ring (bicyclic) bond motifs is 1. The maximum Gasteiger partial charge on any atom is 0.114 e. The Labute approximate surface area is 119 Å². The van der Waals surface area contributed by atoms with Gasteiger partial charge in [-0.05, 0) is 43.7 Å². The van der Waals surface area contributed by atoms with Gasteiger partial charge in [-0.3, -0.25) is 0 Å². The molecule has 102 valence electrons. The van der Waals surface area contributed by atoms with E-state index < -0.39 is 0 Å². The van der Waals surface area contributed by atoms with Gasteiger partial charge in [0.05, 0.1) is 11.0 Å². The largest absolute Gasteiger partial charge is 0.399 e. The molecular formula is C17H19N3. The second-order valence-corrected chi connectivity index (χ2v) is 5.40. The van der Waals surface area contributed by atoms with E-state index in [1.807, 2.05) is 24.3 Å². The van der Waals surface area contributed by atoms with E-state index in [1.165, 1.54) is 11.1 Å². The van der Waals surface area contributed by atoms with Crippen LogP contribution in [-0.2, 0) is 6.42 Å². The number of nitrogens with zero attached hydrogens (tertiary/aromatic N) is 2. The molecule has 0 atom stereocenters. The minimum Gasteiger partial charge on any atom is -0.399 e. The number of benzene rings is 2. The van der Waals surface area contributed by atoms with Gasteiger partial charge < -0.3 is 10.3 Å². The molecule has 0 aliphatic rings. The van der Waals surface area contributed by atoms with Crippen molar-refractivity contribution in [3.8, 4) is 0 Å². The van der Waals surface area contributed by atoms with Gasteiger partial charge in [-0.25, -0.2) is 4.98 Å². The summed E-state index contributed by atoms with van der Waals surface area (Å²) in [4.78, 5) is 4.78. The van der Waals surface area contributed by atoms with Crippen LogP contribution in [0.5, 0.6) is 0 Å². The standard InChI is InChI=1S/C17H19N3/c1-12(2)20-16-9-4-3-8-15(16)19-17(20)11-13-6-5-7-14(18)10-13/h3-10,12H,11,18H2,1-2H3. The summed E-state index contributed by atoms with van der Waals surface area (Å²) in [5, 5.41) is 0. The van der Waals surface area contributed by atoms with Crippen molar-refractivity contribution in [1.82, 2.24) is 9.55 Å². The van der Waals surface area contributed by atoms with Crippen molar-refractivity contribution < 1.29 is 0 Å². The predicted octanol–water partition coefficient (Wildman–Crippen LogP) is 3.79. The van der Waals surface area contributed by atoms with Gasteiger partial charge in [0.1, 0.15) is 5.82 Å². The highest BCUT2D eigenvalue weighted by molar-refractivity contribution is 5.76. The zero-order valence-electron chi connectivity index (χ0n) is 11.9. The Hall–Kier alpha value is -2.29. The molecule has 1 aromatic heterocycles. The van der Waals surface area contributed by atoms with Crippen LogP contribution in [0.2, 0.25) is 0 Å². The zero-order valence-corrected chi connectivity index (χ0v) is 11.9. The van der Waals surface area contributed by atoms with Crippen LogP contribution in [0.25, 0.3) is 11.0 Å². The van der Waals surface area contributed by atoms with E-state index in [-0.39, 0.29) is 0 Å². The molecule has 0 amide bonds. The molecule has 0 radical (unpaired) electrons. The van der Waals surface area contributed by atoms with Crippen molar-refractivity contribution in [3.05, 3.63) is 59.9 Å². The number of hydrogen-bond donors (Lipinski definition) is 1. The van der Waals surface area contributed by atoms with Crippen LogP contribution >= 0.6 is 0 Å². The first-order chi connectivity index (χ1) is 9.65. The maximum absolute atomic E-state index is 5.86. The Bertz CT molecular complexity index is 741. The second-order valence-electron chi connectivity index (χ2n) is 5.40. The van der Waals surface area contributed by atoms with Crippen molar-refractivity contribution in [1.29, 1.82) is 0 Å². The summed E-state index contributed by atoms with van der Waals surface area (Å²) < 4.78 is 2.30. The van der Waals surface area contributed by atoms with Crippen LogP contribution in [0.4, 0.5) is 5.69 Å². The van der Waals surface area contributed by atoms with E-state index in [2.05, 4.69) is 42.7 Å². The van der Waals surface area contributed by atoms with Crippen LogP contribution in [0.15, 0.2) is 48.5 Å². The lowest BCUT2D eigenvalue weighted by molar-refractivity contribution is 0.591. The molecule has 20 heavy (non-hydrogen) atoms. The number of nitrogens with two attached hydrogens (primary N) is 1. The normalized spacial score (nSPS) is 11.3. The number of nitrogen functional groups attached to an aromatic ring is 1. The first kappa shape index (κ1) is 12.7. The van der Waals surface area contributed by atoms with Crippen molar-refractivity contribution in [2.24, 2.45) is 0 Å². The number of hydrogen-bond acceptors (Lipinski definition) is 2. The molecule has 0 aliphatic carbocycles. The monoisotopic (exact) mass is 265 g/mol. The van der Waals surface area contributed by atoms with Gasteiger partial charge >= 0.3 is 0 Å². The second kappa shape index (κ2) is 5.00. The lowest BCUT2D eigenvalue weighted by Gasteiger charge is -2.13. The Morgan fingerprint density at radius 2 is 1.90 bits per heavy atom. The molecule has 3 aromatic rings. The van der Waals surface area contributed by atoms with Crippen molar-refractivity contribution in [3.63, 3.8) is 0 Å². The van der Waals surface area contributed by atoms with Crippen LogP contribution < -0.4 is 5.73 Å². The Balaban J connectivity index is 2.09. The highest BCUT2D eigenvalue weighted by Crippen LogP contribution is 2.23.